The lowest BCUT2D eigenvalue weighted by Gasteiger charge is -2.10. The van der Waals surface area contributed by atoms with Gasteiger partial charge >= 0.3 is 5.97 Å². The van der Waals surface area contributed by atoms with E-state index in [1.807, 2.05) is 6.92 Å². The summed E-state index contributed by atoms with van der Waals surface area (Å²) in [6.07, 6.45) is 0. The first-order chi connectivity index (χ1) is 11.9. The van der Waals surface area contributed by atoms with Gasteiger partial charge in [-0.2, -0.15) is 0 Å². The summed E-state index contributed by atoms with van der Waals surface area (Å²) in [6.45, 7) is 5.76. The molecule has 2 heterocycles. The number of aryl methyl sites for hydroxylation is 2. The number of hydrogen-bond acceptors (Lipinski definition) is 6. The second-order valence-electron chi connectivity index (χ2n) is 5.33. The van der Waals surface area contributed by atoms with E-state index >= 15 is 0 Å². The molecule has 3 aromatic rings. The molecule has 0 aliphatic carbocycles. The van der Waals surface area contributed by atoms with Crippen molar-refractivity contribution in [2.45, 2.75) is 20.8 Å². The molecule has 1 aromatic carbocycles. The summed E-state index contributed by atoms with van der Waals surface area (Å²) in [5, 5.41) is 5.04. The molecular weight excluding hydrogens is 381 g/mol. The van der Waals surface area contributed by atoms with E-state index in [0.29, 0.717) is 38.9 Å². The smallest absolute Gasteiger partial charge is 0.348 e. The molecule has 0 saturated carbocycles. The Kier molecular flexibility index (Phi) is 5.13. The number of hydrogen-bond donors (Lipinski definition) is 1. The molecule has 0 amide bonds. The van der Waals surface area contributed by atoms with Crippen LogP contribution in [0.25, 0.3) is 10.2 Å². The molecule has 0 aliphatic heterocycles. The maximum absolute atomic E-state index is 12.2. The summed E-state index contributed by atoms with van der Waals surface area (Å²) in [4.78, 5) is 22.3. The molecule has 1 N–H and O–H groups in total. The molecule has 5 nitrogen and oxygen atoms in total. The van der Waals surface area contributed by atoms with E-state index in [1.54, 1.807) is 32.0 Å². The maximum atomic E-state index is 12.2. The number of anilines is 2. The van der Waals surface area contributed by atoms with Crippen LogP contribution in [0.3, 0.4) is 0 Å². The predicted octanol–water partition coefficient (Wildman–Crippen LogP) is 5.54. The first-order valence-corrected chi connectivity index (χ1v) is 9.15. The number of ether oxygens (including phenoxy) is 1. The number of carbonyl (C=O) groups excluding carboxylic acids is 1. The maximum Gasteiger partial charge on any atom is 0.348 e. The third-order valence-electron chi connectivity index (χ3n) is 3.55. The van der Waals surface area contributed by atoms with Gasteiger partial charge in [0.25, 0.3) is 0 Å². The van der Waals surface area contributed by atoms with E-state index < -0.39 is 0 Å². The molecule has 0 unspecified atom stereocenters. The van der Waals surface area contributed by atoms with Gasteiger partial charge < -0.3 is 10.1 Å². The van der Waals surface area contributed by atoms with Crippen LogP contribution in [0.15, 0.2) is 18.2 Å². The van der Waals surface area contributed by atoms with Crippen LogP contribution >= 0.6 is 34.5 Å². The molecular formula is C17H15Cl2N3O2S. The number of aromatic nitrogens is 2. The van der Waals surface area contributed by atoms with Crippen molar-refractivity contribution < 1.29 is 9.53 Å². The van der Waals surface area contributed by atoms with Crippen molar-refractivity contribution in [3.05, 3.63) is 44.5 Å². The van der Waals surface area contributed by atoms with Gasteiger partial charge in [0.2, 0.25) is 0 Å². The van der Waals surface area contributed by atoms with Gasteiger partial charge in [-0.25, -0.2) is 14.8 Å². The molecule has 0 fully saturated rings. The van der Waals surface area contributed by atoms with Crippen LogP contribution < -0.4 is 5.32 Å². The van der Waals surface area contributed by atoms with Crippen LogP contribution in [0.2, 0.25) is 10.0 Å². The highest BCUT2D eigenvalue weighted by atomic mass is 35.5. The van der Waals surface area contributed by atoms with Crippen LogP contribution in [0, 0.1) is 13.8 Å². The fourth-order valence-electron chi connectivity index (χ4n) is 2.45. The van der Waals surface area contributed by atoms with Crippen LogP contribution in [0.4, 0.5) is 11.5 Å². The monoisotopic (exact) mass is 395 g/mol. The lowest BCUT2D eigenvalue weighted by Crippen LogP contribution is -2.04. The molecule has 0 bridgehead atoms. The summed E-state index contributed by atoms with van der Waals surface area (Å²) >= 11 is 13.5. The second kappa shape index (κ2) is 7.15. The van der Waals surface area contributed by atoms with E-state index in [2.05, 4.69) is 15.3 Å². The molecule has 8 heteroatoms. The highest BCUT2D eigenvalue weighted by Gasteiger charge is 2.21. The molecule has 130 valence electrons. The Morgan fingerprint density at radius 2 is 2.04 bits per heavy atom. The lowest BCUT2D eigenvalue weighted by molar-refractivity contribution is 0.0531. The van der Waals surface area contributed by atoms with Gasteiger partial charge in [0, 0.05) is 5.02 Å². The van der Waals surface area contributed by atoms with E-state index in [0.717, 1.165) is 15.8 Å². The standard InChI is InChI=1S/C17H15Cl2N3O2S/c1-4-24-17(23)14-8(2)13-15(20-9(3)21-16(13)25-14)22-12-6-5-10(18)7-11(12)19/h5-7H,4H2,1-3H3,(H,20,21,22). The predicted molar refractivity (Wildman–Crippen MR) is 103 cm³/mol. The van der Waals surface area contributed by atoms with Gasteiger partial charge in [-0.05, 0) is 44.5 Å². The summed E-state index contributed by atoms with van der Waals surface area (Å²) in [5.41, 5.74) is 1.46. The van der Waals surface area contributed by atoms with Gasteiger partial charge in [-0.1, -0.05) is 23.2 Å². The molecule has 0 aliphatic rings. The minimum absolute atomic E-state index is 0.322. The Morgan fingerprint density at radius 1 is 1.28 bits per heavy atom. The zero-order valence-electron chi connectivity index (χ0n) is 13.8. The van der Waals surface area contributed by atoms with E-state index in [1.165, 1.54) is 11.3 Å². The average molecular weight is 396 g/mol. The zero-order valence-corrected chi connectivity index (χ0v) is 16.1. The van der Waals surface area contributed by atoms with Gasteiger partial charge in [-0.15, -0.1) is 11.3 Å². The van der Waals surface area contributed by atoms with Gasteiger partial charge in [0.15, 0.2) is 0 Å². The number of nitrogens with one attached hydrogen (secondary N) is 1. The summed E-state index contributed by atoms with van der Waals surface area (Å²) in [7, 11) is 0. The van der Waals surface area contributed by atoms with Gasteiger partial charge in [0.1, 0.15) is 21.3 Å². The highest BCUT2D eigenvalue weighted by Crippen LogP contribution is 2.37. The third kappa shape index (κ3) is 3.56. The van der Waals surface area contributed by atoms with Gasteiger partial charge in [0.05, 0.1) is 22.7 Å². The Balaban J connectivity index is 2.12. The zero-order chi connectivity index (χ0) is 18.1. The molecule has 3 rings (SSSR count). The second-order valence-corrected chi connectivity index (χ2v) is 7.17. The van der Waals surface area contributed by atoms with Crippen molar-refractivity contribution in [2.24, 2.45) is 0 Å². The first kappa shape index (κ1) is 17.9. The minimum Gasteiger partial charge on any atom is -0.462 e. The highest BCUT2D eigenvalue weighted by molar-refractivity contribution is 7.20. The normalized spacial score (nSPS) is 10.9. The van der Waals surface area contributed by atoms with Crippen LogP contribution in [0.1, 0.15) is 28.0 Å². The van der Waals surface area contributed by atoms with Gasteiger partial charge in [-0.3, -0.25) is 0 Å². The quantitative estimate of drug-likeness (QED) is 0.587. The number of fused-ring (bicyclic) bond motifs is 1. The topological polar surface area (TPSA) is 64.1 Å². The number of nitrogens with zero attached hydrogens (tertiary/aromatic N) is 2. The summed E-state index contributed by atoms with van der Waals surface area (Å²) in [5.74, 6) is 0.837. The molecule has 2 aromatic heterocycles. The van der Waals surface area contributed by atoms with E-state index in [9.17, 15) is 4.79 Å². The molecule has 0 atom stereocenters. The largest absolute Gasteiger partial charge is 0.462 e. The van der Waals surface area contributed by atoms with E-state index in [-0.39, 0.29) is 5.97 Å². The van der Waals surface area contributed by atoms with Crippen LogP contribution in [-0.2, 0) is 4.74 Å². The lowest BCUT2D eigenvalue weighted by atomic mass is 10.2. The number of thiophene rings is 1. The number of esters is 1. The van der Waals surface area contributed by atoms with Crippen LogP contribution in [-0.4, -0.2) is 22.5 Å². The van der Waals surface area contributed by atoms with Crippen molar-refractivity contribution in [1.82, 2.24) is 9.97 Å². The average Bonchev–Trinajstić information content (AvgIpc) is 2.87. The Bertz CT molecular complexity index is 972. The van der Waals surface area contributed by atoms with Crippen molar-refractivity contribution in [1.29, 1.82) is 0 Å². The molecule has 0 saturated heterocycles. The molecule has 25 heavy (non-hydrogen) atoms. The molecule has 0 spiro atoms. The number of benzene rings is 1. The number of rotatable bonds is 4. The number of carbonyl (C=O) groups is 1. The Hall–Kier alpha value is -1.89. The fraction of sp³-hybridized carbons (Fsp3) is 0.235. The van der Waals surface area contributed by atoms with Crippen LogP contribution in [0.5, 0.6) is 0 Å². The Labute approximate surface area is 159 Å². The SMILES string of the molecule is CCOC(=O)c1sc2nc(C)nc(Nc3ccc(Cl)cc3Cl)c2c1C. The number of halogens is 2. The first-order valence-electron chi connectivity index (χ1n) is 7.57. The third-order valence-corrected chi connectivity index (χ3v) is 5.26. The van der Waals surface area contributed by atoms with E-state index in [4.69, 9.17) is 27.9 Å². The minimum atomic E-state index is -0.351. The van der Waals surface area contributed by atoms with Crippen molar-refractivity contribution in [2.75, 3.05) is 11.9 Å². The summed E-state index contributed by atoms with van der Waals surface area (Å²) in [6, 6.07) is 5.18. The van der Waals surface area contributed by atoms with Crippen molar-refractivity contribution in [3.63, 3.8) is 0 Å². The molecule has 0 radical (unpaired) electrons. The fourth-order valence-corrected chi connectivity index (χ4v) is 4.02. The van der Waals surface area contributed by atoms with Crippen molar-refractivity contribution in [3.8, 4) is 0 Å². The summed E-state index contributed by atoms with van der Waals surface area (Å²) < 4.78 is 5.13. The van der Waals surface area contributed by atoms with Crippen molar-refractivity contribution >= 4 is 62.2 Å². The Morgan fingerprint density at radius 3 is 2.72 bits per heavy atom.